The van der Waals surface area contributed by atoms with Crippen LogP contribution < -0.4 is 0 Å². The van der Waals surface area contributed by atoms with Gasteiger partial charge in [0.25, 0.3) is 0 Å². The average molecular weight is 155 g/mol. The minimum absolute atomic E-state index is 0.650. The Hall–Kier alpha value is -0.460. The fourth-order valence-electron chi connectivity index (χ4n) is 1.23. The van der Waals surface area contributed by atoms with E-state index in [4.69, 9.17) is 0 Å². The van der Waals surface area contributed by atoms with Crippen molar-refractivity contribution in [2.75, 3.05) is 14.1 Å². The van der Waals surface area contributed by atoms with Gasteiger partial charge >= 0.3 is 0 Å². The fourth-order valence-corrected chi connectivity index (χ4v) is 1.23. The van der Waals surface area contributed by atoms with Gasteiger partial charge in [0.2, 0.25) is 0 Å². The van der Waals surface area contributed by atoms with E-state index in [1.807, 2.05) is 0 Å². The van der Waals surface area contributed by atoms with Crippen molar-refractivity contribution in [2.24, 2.45) is 5.92 Å². The van der Waals surface area contributed by atoms with Crippen LogP contribution >= 0.6 is 0 Å². The van der Waals surface area contributed by atoms with Gasteiger partial charge in [0, 0.05) is 19.8 Å². The Morgan fingerprint density at radius 3 is 2.18 bits per heavy atom. The van der Waals surface area contributed by atoms with Crippen LogP contribution in [0.2, 0.25) is 0 Å². The first-order valence-electron chi connectivity index (χ1n) is 4.47. The van der Waals surface area contributed by atoms with Crippen molar-refractivity contribution < 1.29 is 0 Å². The summed E-state index contributed by atoms with van der Waals surface area (Å²) in [6.45, 7) is 6.69. The molecule has 0 heterocycles. The van der Waals surface area contributed by atoms with Crippen LogP contribution in [0.4, 0.5) is 0 Å². The first kappa shape index (κ1) is 10.5. The zero-order valence-corrected chi connectivity index (χ0v) is 8.52. The number of hydrogen-bond acceptors (Lipinski definition) is 1. The lowest BCUT2D eigenvalue weighted by molar-refractivity contribution is 0.443. The van der Waals surface area contributed by atoms with Crippen LogP contribution in [-0.2, 0) is 0 Å². The second kappa shape index (κ2) is 5.22. The maximum Gasteiger partial charge on any atom is 0.0113 e. The standard InChI is InChI=1S/C10H21N/c1-6-7-8-10(9(2)3)11(4)5/h8-9H,6-7H2,1-5H3/b10-8-. The summed E-state index contributed by atoms with van der Waals surface area (Å²) >= 11 is 0. The molecule has 0 saturated heterocycles. The van der Waals surface area contributed by atoms with Crippen molar-refractivity contribution in [1.29, 1.82) is 0 Å². The molecule has 0 saturated carbocycles. The van der Waals surface area contributed by atoms with Gasteiger partial charge < -0.3 is 4.90 Å². The van der Waals surface area contributed by atoms with E-state index in [0.717, 1.165) is 0 Å². The van der Waals surface area contributed by atoms with E-state index in [-0.39, 0.29) is 0 Å². The summed E-state index contributed by atoms with van der Waals surface area (Å²) in [5.41, 5.74) is 1.45. The molecule has 0 amide bonds. The molecule has 0 spiro atoms. The van der Waals surface area contributed by atoms with E-state index in [1.54, 1.807) is 0 Å². The first-order valence-corrected chi connectivity index (χ1v) is 4.47. The maximum absolute atomic E-state index is 2.34. The van der Waals surface area contributed by atoms with Gasteiger partial charge in [-0.3, -0.25) is 0 Å². The summed E-state index contributed by atoms with van der Waals surface area (Å²) in [4.78, 5) is 2.21. The first-order chi connectivity index (χ1) is 5.09. The zero-order chi connectivity index (χ0) is 8.85. The highest BCUT2D eigenvalue weighted by molar-refractivity contribution is 5.01. The number of rotatable bonds is 4. The molecule has 0 aromatic rings. The Kier molecular flexibility index (Phi) is 5.01. The molecule has 0 N–H and O–H groups in total. The van der Waals surface area contributed by atoms with Crippen LogP contribution in [0, 0.1) is 5.92 Å². The summed E-state index contributed by atoms with van der Waals surface area (Å²) < 4.78 is 0. The van der Waals surface area contributed by atoms with Crippen LogP contribution in [0.25, 0.3) is 0 Å². The maximum atomic E-state index is 2.34. The van der Waals surface area contributed by atoms with E-state index < -0.39 is 0 Å². The van der Waals surface area contributed by atoms with Crippen LogP contribution in [0.3, 0.4) is 0 Å². The van der Waals surface area contributed by atoms with Gasteiger partial charge in [-0.05, 0) is 12.3 Å². The summed E-state index contributed by atoms with van der Waals surface area (Å²) in [7, 11) is 4.23. The molecule has 0 aliphatic heterocycles. The second-order valence-corrected chi connectivity index (χ2v) is 3.47. The van der Waals surface area contributed by atoms with Gasteiger partial charge in [-0.2, -0.15) is 0 Å². The Bertz CT molecular complexity index is 113. The molecule has 0 bridgehead atoms. The molecule has 0 radical (unpaired) electrons. The van der Waals surface area contributed by atoms with Crippen molar-refractivity contribution in [3.05, 3.63) is 11.8 Å². The second-order valence-electron chi connectivity index (χ2n) is 3.47. The molecule has 0 aliphatic carbocycles. The van der Waals surface area contributed by atoms with Gasteiger partial charge in [-0.15, -0.1) is 0 Å². The average Bonchev–Trinajstić information content (AvgIpc) is 1.87. The molecule has 1 heteroatoms. The molecule has 0 fully saturated rings. The molecule has 0 aliphatic rings. The van der Waals surface area contributed by atoms with Gasteiger partial charge in [-0.1, -0.05) is 33.3 Å². The van der Waals surface area contributed by atoms with E-state index >= 15 is 0 Å². The minimum atomic E-state index is 0.650. The number of nitrogens with zero attached hydrogens (tertiary/aromatic N) is 1. The molecule has 0 atom stereocenters. The number of hydrogen-bond donors (Lipinski definition) is 0. The SMILES string of the molecule is CCC/C=C(/C(C)C)N(C)C. The summed E-state index contributed by atoms with van der Waals surface area (Å²) in [5.74, 6) is 0.650. The zero-order valence-electron chi connectivity index (χ0n) is 8.52. The van der Waals surface area contributed by atoms with E-state index in [2.05, 4.69) is 45.8 Å². The lowest BCUT2D eigenvalue weighted by Gasteiger charge is -2.20. The molecular formula is C10H21N. The molecule has 1 nitrogen and oxygen atoms in total. The molecular weight excluding hydrogens is 134 g/mol. The Morgan fingerprint density at radius 1 is 1.36 bits per heavy atom. The highest BCUT2D eigenvalue weighted by Crippen LogP contribution is 2.12. The van der Waals surface area contributed by atoms with Gasteiger partial charge in [0.15, 0.2) is 0 Å². The Balaban J connectivity index is 4.09. The smallest absolute Gasteiger partial charge is 0.0113 e. The topological polar surface area (TPSA) is 3.24 Å². The quantitative estimate of drug-likeness (QED) is 0.603. The minimum Gasteiger partial charge on any atom is -0.381 e. The number of unbranched alkanes of at least 4 members (excludes halogenated alkanes) is 1. The van der Waals surface area contributed by atoms with Gasteiger partial charge in [-0.25, -0.2) is 0 Å². The van der Waals surface area contributed by atoms with Crippen molar-refractivity contribution in [1.82, 2.24) is 4.90 Å². The predicted octanol–water partition coefficient (Wildman–Crippen LogP) is 2.89. The summed E-state index contributed by atoms with van der Waals surface area (Å²) in [5, 5.41) is 0. The van der Waals surface area contributed by atoms with Crippen LogP contribution in [0.15, 0.2) is 11.8 Å². The van der Waals surface area contributed by atoms with Crippen molar-refractivity contribution >= 4 is 0 Å². The molecule has 0 aromatic carbocycles. The third kappa shape index (κ3) is 4.07. The third-order valence-electron chi connectivity index (χ3n) is 1.75. The molecule has 0 aromatic heterocycles. The fraction of sp³-hybridized carbons (Fsp3) is 0.800. The van der Waals surface area contributed by atoms with Gasteiger partial charge in [0.05, 0.1) is 0 Å². The molecule has 11 heavy (non-hydrogen) atoms. The van der Waals surface area contributed by atoms with Crippen LogP contribution in [-0.4, -0.2) is 19.0 Å². The van der Waals surface area contributed by atoms with E-state index in [0.29, 0.717) is 5.92 Å². The normalized spacial score (nSPS) is 12.4. The predicted molar refractivity (Wildman–Crippen MR) is 51.5 cm³/mol. The largest absolute Gasteiger partial charge is 0.381 e. The van der Waals surface area contributed by atoms with E-state index in [9.17, 15) is 0 Å². The molecule has 66 valence electrons. The van der Waals surface area contributed by atoms with Crippen molar-refractivity contribution in [2.45, 2.75) is 33.6 Å². The van der Waals surface area contributed by atoms with Crippen LogP contribution in [0.5, 0.6) is 0 Å². The van der Waals surface area contributed by atoms with E-state index in [1.165, 1.54) is 18.5 Å². The lowest BCUT2D eigenvalue weighted by atomic mass is 10.1. The highest BCUT2D eigenvalue weighted by Gasteiger charge is 2.03. The molecule has 0 rings (SSSR count). The van der Waals surface area contributed by atoms with Crippen molar-refractivity contribution in [3.8, 4) is 0 Å². The highest BCUT2D eigenvalue weighted by atomic mass is 15.1. The van der Waals surface area contributed by atoms with Crippen molar-refractivity contribution in [3.63, 3.8) is 0 Å². The van der Waals surface area contributed by atoms with Crippen LogP contribution in [0.1, 0.15) is 33.6 Å². The lowest BCUT2D eigenvalue weighted by Crippen LogP contribution is -2.15. The number of allylic oxidation sites excluding steroid dienone is 2. The molecule has 0 unspecified atom stereocenters. The third-order valence-corrected chi connectivity index (χ3v) is 1.75. The summed E-state index contributed by atoms with van der Waals surface area (Å²) in [6.07, 6.45) is 4.78. The summed E-state index contributed by atoms with van der Waals surface area (Å²) in [6, 6.07) is 0. The Morgan fingerprint density at radius 2 is 1.91 bits per heavy atom. The Labute approximate surface area is 71.1 Å². The monoisotopic (exact) mass is 155 g/mol. The van der Waals surface area contributed by atoms with Gasteiger partial charge in [0.1, 0.15) is 0 Å².